The molecule has 0 aliphatic rings. The zero-order chi connectivity index (χ0) is 17.3. The summed E-state index contributed by atoms with van der Waals surface area (Å²) >= 11 is 3.44. The fourth-order valence-corrected chi connectivity index (χ4v) is 2.90. The van der Waals surface area contributed by atoms with E-state index in [0.29, 0.717) is 5.56 Å². The molecule has 3 aromatic rings. The van der Waals surface area contributed by atoms with Crippen LogP contribution in [0.4, 0.5) is 11.4 Å². The predicted octanol–water partition coefficient (Wildman–Crippen LogP) is 4.47. The van der Waals surface area contributed by atoms with Crippen LogP contribution in [0.1, 0.15) is 10.4 Å². The second-order valence-corrected chi connectivity index (χ2v) is 5.91. The summed E-state index contributed by atoms with van der Waals surface area (Å²) in [6.45, 7) is 0. The summed E-state index contributed by atoms with van der Waals surface area (Å²) < 4.78 is 0.868. The van der Waals surface area contributed by atoms with Crippen LogP contribution in [0.2, 0.25) is 0 Å². The van der Waals surface area contributed by atoms with Gasteiger partial charge in [0.2, 0.25) is 0 Å². The summed E-state index contributed by atoms with van der Waals surface area (Å²) in [5.41, 5.74) is 0.295. The van der Waals surface area contributed by atoms with E-state index >= 15 is 0 Å². The molecule has 0 aliphatic heterocycles. The molecule has 0 spiro atoms. The van der Waals surface area contributed by atoms with Crippen LogP contribution < -0.4 is 5.32 Å². The lowest BCUT2D eigenvalue weighted by Crippen LogP contribution is -2.12. The number of carbonyl (C=O) groups is 1. The summed E-state index contributed by atoms with van der Waals surface area (Å²) in [5, 5.41) is 24.8. The van der Waals surface area contributed by atoms with E-state index in [0.717, 1.165) is 21.3 Å². The zero-order valence-corrected chi connectivity index (χ0v) is 13.8. The lowest BCUT2D eigenvalue weighted by Gasteiger charge is -2.10. The molecule has 0 aromatic heterocycles. The Morgan fingerprint density at radius 1 is 1.08 bits per heavy atom. The highest BCUT2D eigenvalue weighted by atomic mass is 79.9. The minimum absolute atomic E-state index is 0.109. The number of non-ortho nitro benzene ring substituents is 1. The van der Waals surface area contributed by atoms with Crippen LogP contribution in [-0.2, 0) is 0 Å². The number of hydrogen-bond donors (Lipinski definition) is 2. The molecule has 0 radical (unpaired) electrons. The summed E-state index contributed by atoms with van der Waals surface area (Å²) in [6.07, 6.45) is 0. The first-order valence-electron chi connectivity index (χ1n) is 6.93. The maximum atomic E-state index is 12.5. The van der Waals surface area contributed by atoms with Crippen LogP contribution in [0.5, 0.6) is 5.75 Å². The number of carbonyl (C=O) groups excluding carboxylic acids is 1. The Morgan fingerprint density at radius 3 is 2.50 bits per heavy atom. The molecule has 120 valence electrons. The van der Waals surface area contributed by atoms with Crippen LogP contribution in [0.3, 0.4) is 0 Å². The van der Waals surface area contributed by atoms with Gasteiger partial charge in [0.05, 0.1) is 16.7 Å². The van der Waals surface area contributed by atoms with Crippen molar-refractivity contribution in [3.63, 3.8) is 0 Å². The zero-order valence-electron chi connectivity index (χ0n) is 12.2. The highest BCUT2D eigenvalue weighted by Gasteiger charge is 2.15. The summed E-state index contributed by atoms with van der Waals surface area (Å²) in [4.78, 5) is 22.6. The fourth-order valence-electron chi connectivity index (χ4n) is 2.40. The number of aromatic hydroxyl groups is 1. The molecule has 0 unspecified atom stereocenters. The number of rotatable bonds is 3. The summed E-state index contributed by atoms with van der Waals surface area (Å²) in [6, 6.07) is 14.4. The van der Waals surface area contributed by atoms with Crippen molar-refractivity contribution < 1.29 is 14.8 Å². The van der Waals surface area contributed by atoms with Gasteiger partial charge in [-0.25, -0.2) is 0 Å². The number of phenolic OH excluding ortho intramolecular Hbond substituents is 1. The molecule has 24 heavy (non-hydrogen) atoms. The molecule has 7 heteroatoms. The molecule has 0 aliphatic carbocycles. The van der Waals surface area contributed by atoms with E-state index < -0.39 is 10.8 Å². The van der Waals surface area contributed by atoms with Crippen molar-refractivity contribution in [2.24, 2.45) is 0 Å². The molecule has 3 aromatic carbocycles. The first kappa shape index (κ1) is 15.9. The number of benzene rings is 3. The maximum Gasteiger partial charge on any atom is 0.273 e. The fraction of sp³-hybridized carbons (Fsp3) is 0. The summed E-state index contributed by atoms with van der Waals surface area (Å²) in [5.74, 6) is -0.776. The van der Waals surface area contributed by atoms with Gasteiger partial charge in [0.15, 0.2) is 0 Å². The van der Waals surface area contributed by atoms with E-state index in [1.165, 1.54) is 12.1 Å². The Bertz CT molecular complexity index is 972. The van der Waals surface area contributed by atoms with Gasteiger partial charge in [-0.3, -0.25) is 14.9 Å². The number of halogens is 1. The van der Waals surface area contributed by atoms with Gasteiger partial charge in [0.25, 0.3) is 11.6 Å². The largest absolute Gasteiger partial charge is 0.506 e. The number of nitrogens with zero attached hydrogens (tertiary/aromatic N) is 1. The Hall–Kier alpha value is -2.93. The van der Waals surface area contributed by atoms with Crippen LogP contribution in [0.15, 0.2) is 59.1 Å². The van der Waals surface area contributed by atoms with E-state index in [1.807, 2.05) is 24.3 Å². The van der Waals surface area contributed by atoms with Crippen molar-refractivity contribution in [2.45, 2.75) is 0 Å². The maximum absolute atomic E-state index is 12.5. The molecule has 1 amide bonds. The Labute approximate surface area is 145 Å². The normalized spacial score (nSPS) is 10.5. The average Bonchev–Trinajstić information content (AvgIpc) is 2.56. The minimum atomic E-state index is -0.618. The van der Waals surface area contributed by atoms with Crippen molar-refractivity contribution in [2.75, 3.05) is 5.32 Å². The summed E-state index contributed by atoms with van der Waals surface area (Å²) in [7, 11) is 0. The molecule has 0 fully saturated rings. The van der Waals surface area contributed by atoms with E-state index in [4.69, 9.17) is 0 Å². The number of nitrogens with one attached hydrogen (secondary N) is 1. The number of hydrogen-bond acceptors (Lipinski definition) is 4. The van der Waals surface area contributed by atoms with Gasteiger partial charge in [0, 0.05) is 16.1 Å². The highest BCUT2D eigenvalue weighted by molar-refractivity contribution is 9.10. The molecule has 0 bridgehead atoms. The third-order valence-corrected chi connectivity index (χ3v) is 4.25. The minimum Gasteiger partial charge on any atom is -0.506 e. The number of nitro benzene ring substituents is 1. The molecule has 0 atom stereocenters. The lowest BCUT2D eigenvalue weighted by molar-refractivity contribution is -0.384. The molecule has 6 nitrogen and oxygen atoms in total. The van der Waals surface area contributed by atoms with E-state index in [1.54, 1.807) is 12.1 Å². The van der Waals surface area contributed by atoms with Crippen molar-refractivity contribution in [1.29, 1.82) is 0 Å². The predicted molar refractivity (Wildman–Crippen MR) is 94.4 cm³/mol. The second-order valence-electron chi connectivity index (χ2n) is 5.05. The Kier molecular flexibility index (Phi) is 4.18. The molecule has 3 rings (SSSR count). The molecular formula is C17H11BrN2O4. The first-order valence-corrected chi connectivity index (χ1v) is 7.72. The van der Waals surface area contributed by atoms with Crippen LogP contribution in [-0.4, -0.2) is 15.9 Å². The van der Waals surface area contributed by atoms with Gasteiger partial charge < -0.3 is 10.4 Å². The van der Waals surface area contributed by atoms with Gasteiger partial charge in [-0.1, -0.05) is 40.2 Å². The van der Waals surface area contributed by atoms with Gasteiger partial charge in [0.1, 0.15) is 5.75 Å². The van der Waals surface area contributed by atoms with Gasteiger partial charge >= 0.3 is 0 Å². The monoisotopic (exact) mass is 386 g/mol. The van der Waals surface area contributed by atoms with E-state index in [9.17, 15) is 20.0 Å². The van der Waals surface area contributed by atoms with Crippen molar-refractivity contribution in [3.05, 3.63) is 74.7 Å². The van der Waals surface area contributed by atoms with Gasteiger partial charge in [-0.05, 0) is 29.0 Å². The number of fused-ring (bicyclic) bond motifs is 1. The topological polar surface area (TPSA) is 92.5 Å². The van der Waals surface area contributed by atoms with Crippen LogP contribution >= 0.6 is 15.9 Å². The third-order valence-electron chi connectivity index (χ3n) is 3.55. The highest BCUT2D eigenvalue weighted by Crippen LogP contribution is 2.30. The van der Waals surface area contributed by atoms with Crippen molar-refractivity contribution in [3.8, 4) is 5.75 Å². The molecule has 0 saturated heterocycles. The first-order chi connectivity index (χ1) is 11.5. The number of nitro groups is 1. The van der Waals surface area contributed by atoms with Gasteiger partial charge in [-0.15, -0.1) is 0 Å². The van der Waals surface area contributed by atoms with Crippen LogP contribution in [0, 0.1) is 10.1 Å². The molecule has 0 saturated carbocycles. The quantitative estimate of drug-likeness (QED) is 0.394. The van der Waals surface area contributed by atoms with Crippen LogP contribution in [0.25, 0.3) is 10.8 Å². The molecule has 2 N–H and O–H groups in total. The number of amides is 1. The Balaban J connectivity index is 1.97. The number of phenols is 1. The smallest absolute Gasteiger partial charge is 0.273 e. The van der Waals surface area contributed by atoms with Crippen molar-refractivity contribution >= 4 is 44.0 Å². The third kappa shape index (κ3) is 2.93. The van der Waals surface area contributed by atoms with Gasteiger partial charge in [-0.2, -0.15) is 0 Å². The SMILES string of the molecule is O=C(Nc1ccc([N+](=O)[O-])cc1O)c1cccc2c(Br)cccc12. The average molecular weight is 387 g/mol. The molecular weight excluding hydrogens is 376 g/mol. The second kappa shape index (κ2) is 6.29. The lowest BCUT2D eigenvalue weighted by atomic mass is 10.0. The molecule has 0 heterocycles. The van der Waals surface area contributed by atoms with Crippen molar-refractivity contribution in [1.82, 2.24) is 0 Å². The Morgan fingerprint density at radius 2 is 1.79 bits per heavy atom. The van der Waals surface area contributed by atoms with E-state index in [2.05, 4.69) is 21.2 Å². The van der Waals surface area contributed by atoms with E-state index in [-0.39, 0.29) is 17.1 Å². The standard InChI is InChI=1S/C17H11BrN2O4/c18-14-6-2-3-11-12(14)4-1-5-13(11)17(22)19-15-8-7-10(20(23)24)9-16(15)21/h1-9,21H,(H,19,22). The number of anilines is 1.